The van der Waals surface area contributed by atoms with Gasteiger partial charge in [0.25, 0.3) is 0 Å². The molecule has 2 aliphatic heterocycles. The number of aromatic nitrogens is 6. The van der Waals surface area contributed by atoms with Gasteiger partial charge < -0.3 is 15.4 Å². The van der Waals surface area contributed by atoms with Crippen molar-refractivity contribution >= 4 is 40.3 Å². The van der Waals surface area contributed by atoms with E-state index in [1.165, 1.54) is 11.8 Å². The molecule has 2 aliphatic rings. The lowest BCUT2D eigenvalue weighted by Crippen LogP contribution is -2.50. The maximum atomic E-state index is 6.76. The van der Waals surface area contributed by atoms with Gasteiger partial charge >= 0.3 is 0 Å². The molecule has 4 aromatic rings. The molecule has 11 heteroatoms. The van der Waals surface area contributed by atoms with E-state index < -0.39 is 0 Å². The Morgan fingerprint density at radius 2 is 2.00 bits per heavy atom. The van der Waals surface area contributed by atoms with Gasteiger partial charge in [-0.05, 0) is 50.6 Å². The lowest BCUT2D eigenvalue weighted by molar-refractivity contribution is 0.0974. The molecule has 9 nitrogen and oxygen atoms in total. The first-order valence-electron chi connectivity index (χ1n) is 12.6. The Hall–Kier alpha value is -2.79. The van der Waals surface area contributed by atoms with E-state index in [9.17, 15) is 0 Å². The van der Waals surface area contributed by atoms with Gasteiger partial charge in [0.1, 0.15) is 11.3 Å². The lowest BCUT2D eigenvalue weighted by atomic mass is 9.73. The third-order valence-corrected chi connectivity index (χ3v) is 9.06. The minimum Gasteiger partial charge on any atom is -0.376 e. The number of hydrogen-bond donors (Lipinski definition) is 1. The summed E-state index contributed by atoms with van der Waals surface area (Å²) in [6.45, 7) is 7.43. The van der Waals surface area contributed by atoms with E-state index in [0.717, 1.165) is 61.1 Å². The first-order chi connectivity index (χ1) is 18.0. The molecule has 37 heavy (non-hydrogen) atoms. The number of ether oxygens (including phenoxy) is 1. The van der Waals surface area contributed by atoms with Crippen molar-refractivity contribution < 1.29 is 4.74 Å². The highest BCUT2D eigenvalue weighted by Crippen LogP contribution is 2.42. The average molecular weight is 537 g/mol. The van der Waals surface area contributed by atoms with Crippen molar-refractivity contribution in [3.05, 3.63) is 47.9 Å². The van der Waals surface area contributed by atoms with E-state index in [-0.39, 0.29) is 17.6 Å². The number of benzene rings is 1. The largest absolute Gasteiger partial charge is 0.376 e. The van der Waals surface area contributed by atoms with Crippen LogP contribution in [-0.4, -0.2) is 61.6 Å². The van der Waals surface area contributed by atoms with Crippen LogP contribution >= 0.6 is 23.4 Å². The zero-order valence-electron chi connectivity index (χ0n) is 20.8. The fourth-order valence-electron chi connectivity index (χ4n) is 5.22. The highest BCUT2D eigenvalue weighted by molar-refractivity contribution is 7.99. The van der Waals surface area contributed by atoms with Crippen molar-refractivity contribution in [2.75, 3.05) is 24.6 Å². The van der Waals surface area contributed by atoms with Gasteiger partial charge in [-0.25, -0.2) is 19.9 Å². The van der Waals surface area contributed by atoms with Gasteiger partial charge in [0.15, 0.2) is 10.8 Å². The van der Waals surface area contributed by atoms with Crippen LogP contribution in [0.5, 0.6) is 0 Å². The first kappa shape index (κ1) is 24.5. The maximum Gasteiger partial charge on any atom is 0.194 e. The molecule has 6 rings (SSSR count). The van der Waals surface area contributed by atoms with E-state index >= 15 is 0 Å². The van der Waals surface area contributed by atoms with E-state index in [4.69, 9.17) is 27.1 Å². The van der Waals surface area contributed by atoms with Crippen LogP contribution in [0.15, 0.2) is 52.9 Å². The van der Waals surface area contributed by atoms with Crippen molar-refractivity contribution in [1.82, 2.24) is 29.7 Å². The van der Waals surface area contributed by atoms with Crippen molar-refractivity contribution in [1.29, 1.82) is 0 Å². The minimum absolute atomic E-state index is 0.0735. The average Bonchev–Trinajstić information content (AvgIpc) is 3.51. The number of anilines is 1. The highest BCUT2D eigenvalue weighted by atomic mass is 35.5. The van der Waals surface area contributed by atoms with Gasteiger partial charge in [0.05, 0.1) is 35.8 Å². The second-order valence-electron chi connectivity index (χ2n) is 9.76. The second-order valence-corrected chi connectivity index (χ2v) is 11.1. The number of halogens is 1. The summed E-state index contributed by atoms with van der Waals surface area (Å²) in [7, 11) is 0. The number of nitrogens with zero attached hydrogens (tertiary/aromatic N) is 7. The van der Waals surface area contributed by atoms with Crippen molar-refractivity contribution in [2.24, 2.45) is 11.1 Å². The summed E-state index contributed by atoms with van der Waals surface area (Å²) >= 11 is 8.16. The van der Waals surface area contributed by atoms with Crippen molar-refractivity contribution in [3.63, 3.8) is 0 Å². The molecule has 2 fully saturated rings. The molecule has 0 saturated carbocycles. The van der Waals surface area contributed by atoms with Crippen LogP contribution in [-0.2, 0) is 11.3 Å². The van der Waals surface area contributed by atoms with Crippen LogP contribution in [0, 0.1) is 5.41 Å². The standard InChI is InChI=1S/C26H29ClN8OS/c1-3-35-10-7-18(33-35)17-5-4-6-20(22(17)27)37-25-30-13-19-24(32-25)29-14-21(31-19)34-11-8-26(9-12-34)15-36-16(2)23(26)28/h4-7,10,13-14,16,23H,3,8-9,11-12,15,28H2,1-2H3/t16-,23+/m0/s1. The van der Waals surface area contributed by atoms with Gasteiger partial charge in [-0.15, -0.1) is 0 Å². The quantitative estimate of drug-likeness (QED) is 0.370. The topological polar surface area (TPSA) is 108 Å². The summed E-state index contributed by atoms with van der Waals surface area (Å²) < 4.78 is 7.73. The summed E-state index contributed by atoms with van der Waals surface area (Å²) in [5, 5.41) is 5.78. The highest BCUT2D eigenvalue weighted by Gasteiger charge is 2.47. The molecule has 5 heterocycles. The molecule has 2 atom stereocenters. The molecule has 0 unspecified atom stereocenters. The number of hydrogen-bond acceptors (Lipinski definition) is 9. The lowest BCUT2D eigenvalue weighted by Gasteiger charge is -2.41. The number of rotatable bonds is 5. The minimum atomic E-state index is 0.0735. The Morgan fingerprint density at radius 1 is 1.16 bits per heavy atom. The Balaban J connectivity index is 1.18. The predicted octanol–water partition coefficient (Wildman–Crippen LogP) is 4.44. The number of nitrogens with two attached hydrogens (primary N) is 1. The Bertz CT molecular complexity index is 1440. The van der Waals surface area contributed by atoms with Gasteiger partial charge in [-0.1, -0.05) is 23.7 Å². The van der Waals surface area contributed by atoms with Gasteiger partial charge in [0, 0.05) is 47.7 Å². The molecule has 2 saturated heterocycles. The van der Waals surface area contributed by atoms with Crippen LogP contribution in [0.4, 0.5) is 5.82 Å². The summed E-state index contributed by atoms with van der Waals surface area (Å²) in [5.41, 5.74) is 9.49. The van der Waals surface area contributed by atoms with E-state index in [0.29, 0.717) is 21.3 Å². The fraction of sp³-hybridized carbons (Fsp3) is 0.423. The van der Waals surface area contributed by atoms with Gasteiger partial charge in [0.2, 0.25) is 0 Å². The fourth-order valence-corrected chi connectivity index (χ4v) is 6.34. The Morgan fingerprint density at radius 3 is 2.73 bits per heavy atom. The Labute approximate surface area is 224 Å². The van der Waals surface area contributed by atoms with Crippen LogP contribution in [0.3, 0.4) is 0 Å². The molecule has 1 aromatic carbocycles. The molecular formula is C26H29ClN8OS. The third-order valence-electron chi connectivity index (χ3n) is 7.60. The van der Waals surface area contributed by atoms with Gasteiger partial charge in [-0.2, -0.15) is 5.10 Å². The summed E-state index contributed by atoms with van der Waals surface area (Å²) in [4.78, 5) is 21.7. The van der Waals surface area contributed by atoms with Crippen LogP contribution in [0.25, 0.3) is 22.4 Å². The molecule has 0 aliphatic carbocycles. The Kier molecular flexibility index (Phi) is 6.52. The van der Waals surface area contributed by atoms with E-state index in [1.807, 2.05) is 35.1 Å². The molecule has 192 valence electrons. The number of aryl methyl sites for hydroxylation is 1. The number of fused-ring (bicyclic) bond motifs is 1. The van der Waals surface area contributed by atoms with Crippen LogP contribution < -0.4 is 10.6 Å². The summed E-state index contributed by atoms with van der Waals surface area (Å²) in [5.74, 6) is 0.842. The molecule has 3 aromatic heterocycles. The molecule has 0 bridgehead atoms. The summed E-state index contributed by atoms with van der Waals surface area (Å²) in [6.07, 6.45) is 7.58. The molecule has 0 radical (unpaired) electrons. The van der Waals surface area contributed by atoms with E-state index in [2.05, 4.69) is 38.8 Å². The third kappa shape index (κ3) is 4.56. The monoisotopic (exact) mass is 536 g/mol. The maximum absolute atomic E-state index is 6.76. The van der Waals surface area contributed by atoms with Crippen molar-refractivity contribution in [2.45, 2.75) is 55.4 Å². The van der Waals surface area contributed by atoms with Crippen LogP contribution in [0.1, 0.15) is 26.7 Å². The zero-order chi connectivity index (χ0) is 25.6. The smallest absolute Gasteiger partial charge is 0.194 e. The predicted molar refractivity (Wildman–Crippen MR) is 145 cm³/mol. The second kappa shape index (κ2) is 9.83. The van der Waals surface area contributed by atoms with Crippen LogP contribution in [0.2, 0.25) is 5.02 Å². The van der Waals surface area contributed by atoms with E-state index in [1.54, 1.807) is 12.4 Å². The molecule has 1 spiro atoms. The van der Waals surface area contributed by atoms with Crippen molar-refractivity contribution in [3.8, 4) is 11.3 Å². The normalized spacial score (nSPS) is 21.2. The molecule has 0 amide bonds. The molecule has 2 N–H and O–H groups in total. The zero-order valence-corrected chi connectivity index (χ0v) is 22.4. The molecular weight excluding hydrogens is 508 g/mol. The summed E-state index contributed by atoms with van der Waals surface area (Å²) in [6, 6.07) is 7.96. The number of piperidine rings is 1. The SMILES string of the molecule is CCn1ccc(-c2cccc(Sc3ncc4nc(N5CCC6(CC5)CO[C@@H](C)[C@H]6N)cnc4n3)c2Cl)n1. The first-order valence-corrected chi connectivity index (χ1v) is 13.8. The van der Waals surface area contributed by atoms with Gasteiger partial charge in [-0.3, -0.25) is 4.68 Å².